The Morgan fingerprint density at radius 2 is 1.91 bits per heavy atom. The molecule has 1 aliphatic rings. The van der Waals surface area contributed by atoms with E-state index in [1.807, 2.05) is 44.2 Å². The number of nitrogens with one attached hydrogen (secondary N) is 3. The molecule has 0 unspecified atom stereocenters. The van der Waals surface area contributed by atoms with Crippen LogP contribution in [-0.2, 0) is 4.79 Å². The molecule has 1 aromatic carbocycles. The largest absolute Gasteiger partial charge is 0.354 e. The second-order valence-electron chi connectivity index (χ2n) is 5.67. The van der Waals surface area contributed by atoms with Crippen molar-refractivity contribution in [2.24, 2.45) is 10.9 Å². The van der Waals surface area contributed by atoms with Crippen LogP contribution in [-0.4, -0.2) is 24.4 Å². The third-order valence-electron chi connectivity index (χ3n) is 3.54. The molecule has 120 valence electrons. The van der Waals surface area contributed by atoms with Crippen LogP contribution in [0.2, 0.25) is 0 Å². The molecule has 23 heavy (non-hydrogen) atoms. The molecule has 1 aliphatic heterocycles. The van der Waals surface area contributed by atoms with Gasteiger partial charge in [0.25, 0.3) is 5.91 Å². The van der Waals surface area contributed by atoms with E-state index >= 15 is 0 Å². The van der Waals surface area contributed by atoms with E-state index in [1.54, 1.807) is 20.0 Å². The van der Waals surface area contributed by atoms with Crippen LogP contribution >= 0.6 is 0 Å². The highest BCUT2D eigenvalue weighted by atomic mass is 16.1. The van der Waals surface area contributed by atoms with Gasteiger partial charge < -0.3 is 16.0 Å². The second-order valence-corrected chi connectivity index (χ2v) is 5.67. The zero-order valence-corrected chi connectivity index (χ0v) is 13.9. The molecule has 0 aliphatic carbocycles. The quantitative estimate of drug-likeness (QED) is 0.748. The minimum Gasteiger partial charge on any atom is -0.354 e. The van der Waals surface area contributed by atoms with Gasteiger partial charge in [0.15, 0.2) is 0 Å². The van der Waals surface area contributed by atoms with Crippen LogP contribution in [0.15, 0.2) is 52.9 Å². The van der Waals surface area contributed by atoms with E-state index in [9.17, 15) is 4.79 Å². The number of aliphatic imine (C=N–C) groups is 1. The molecule has 0 spiro atoms. The number of carbonyl (C=O) groups is 1. The van der Waals surface area contributed by atoms with Crippen molar-refractivity contribution in [3.05, 3.63) is 53.5 Å². The highest BCUT2D eigenvalue weighted by Gasteiger charge is 2.21. The normalized spacial score (nSPS) is 16.2. The number of hydrogen-bond donors (Lipinski definition) is 3. The van der Waals surface area contributed by atoms with Gasteiger partial charge in [-0.25, -0.2) is 4.99 Å². The van der Waals surface area contributed by atoms with E-state index in [1.165, 1.54) is 0 Å². The standard InChI is InChI=1S/C18H22N4O/c1-11(2)14-10-15(18(23)20-4)22-17(21-14)16(12(3)19)13-8-6-5-7-9-13/h5-11,19,21H,1-4H3,(H,20,23)/b17-16-,19-12?. The number of benzene rings is 1. The Morgan fingerprint density at radius 3 is 2.43 bits per heavy atom. The molecule has 0 fully saturated rings. The molecular weight excluding hydrogens is 288 g/mol. The molecule has 1 amide bonds. The van der Waals surface area contributed by atoms with E-state index in [2.05, 4.69) is 15.6 Å². The fourth-order valence-electron chi connectivity index (χ4n) is 2.31. The topological polar surface area (TPSA) is 77.3 Å². The van der Waals surface area contributed by atoms with Crippen LogP contribution < -0.4 is 10.6 Å². The Balaban J connectivity index is 2.62. The Kier molecular flexibility index (Phi) is 5.11. The second kappa shape index (κ2) is 7.05. The molecule has 0 radical (unpaired) electrons. The number of hydrogen-bond acceptors (Lipinski definition) is 4. The third-order valence-corrected chi connectivity index (χ3v) is 3.54. The lowest BCUT2D eigenvalue weighted by Gasteiger charge is -2.22. The van der Waals surface area contributed by atoms with Crippen LogP contribution in [0.3, 0.4) is 0 Å². The summed E-state index contributed by atoms with van der Waals surface area (Å²) >= 11 is 0. The lowest BCUT2D eigenvalue weighted by atomic mass is 10.00. The Hall–Kier alpha value is -2.69. The molecule has 1 heterocycles. The van der Waals surface area contributed by atoms with E-state index in [0.717, 1.165) is 11.3 Å². The molecule has 5 nitrogen and oxygen atoms in total. The fourth-order valence-corrected chi connectivity index (χ4v) is 2.31. The molecule has 0 saturated carbocycles. The summed E-state index contributed by atoms with van der Waals surface area (Å²) in [4.78, 5) is 16.5. The number of carbonyl (C=O) groups excluding carboxylic acids is 1. The molecule has 1 aromatic rings. The molecule has 5 heteroatoms. The summed E-state index contributed by atoms with van der Waals surface area (Å²) in [5.74, 6) is 0.508. The van der Waals surface area contributed by atoms with Crippen LogP contribution in [0.5, 0.6) is 0 Å². The summed E-state index contributed by atoms with van der Waals surface area (Å²) < 4.78 is 0. The highest BCUT2D eigenvalue weighted by Crippen LogP contribution is 2.24. The van der Waals surface area contributed by atoms with Gasteiger partial charge in [0, 0.05) is 24.0 Å². The van der Waals surface area contributed by atoms with Crippen molar-refractivity contribution in [3.8, 4) is 0 Å². The monoisotopic (exact) mass is 310 g/mol. The number of rotatable bonds is 4. The molecule has 0 bridgehead atoms. The van der Waals surface area contributed by atoms with Gasteiger partial charge in [-0.2, -0.15) is 0 Å². The van der Waals surface area contributed by atoms with Crippen LogP contribution in [0.1, 0.15) is 26.3 Å². The molecule has 0 atom stereocenters. The van der Waals surface area contributed by atoms with Gasteiger partial charge in [-0.1, -0.05) is 44.2 Å². The van der Waals surface area contributed by atoms with Crippen molar-refractivity contribution < 1.29 is 4.79 Å². The van der Waals surface area contributed by atoms with Crippen molar-refractivity contribution in [3.63, 3.8) is 0 Å². The van der Waals surface area contributed by atoms with Crippen molar-refractivity contribution in [1.29, 1.82) is 5.41 Å². The summed E-state index contributed by atoms with van der Waals surface area (Å²) in [6.45, 7) is 5.81. The molecule has 0 saturated heterocycles. The summed E-state index contributed by atoms with van der Waals surface area (Å²) in [7, 11) is 1.58. The highest BCUT2D eigenvalue weighted by molar-refractivity contribution is 6.44. The first-order valence-electron chi connectivity index (χ1n) is 7.58. The number of allylic oxidation sites excluding steroid dienone is 2. The predicted octanol–water partition coefficient (Wildman–Crippen LogP) is 2.72. The Morgan fingerprint density at radius 1 is 1.26 bits per heavy atom. The number of amides is 1. The lowest BCUT2D eigenvalue weighted by molar-refractivity contribution is -0.114. The first kappa shape index (κ1) is 16.7. The molecule has 0 aromatic heterocycles. The minimum atomic E-state index is -0.239. The SMILES string of the molecule is CNC(=O)C1=N/C(=C(/C(C)=N)c2ccccc2)NC(C(C)C)=C1. The minimum absolute atomic E-state index is 0.211. The smallest absolute Gasteiger partial charge is 0.269 e. The van der Waals surface area contributed by atoms with Gasteiger partial charge >= 0.3 is 0 Å². The first-order valence-corrected chi connectivity index (χ1v) is 7.58. The van der Waals surface area contributed by atoms with Gasteiger partial charge in [0.1, 0.15) is 11.5 Å². The zero-order chi connectivity index (χ0) is 17.0. The fraction of sp³-hybridized carbons (Fsp3) is 0.278. The van der Waals surface area contributed by atoms with Crippen LogP contribution in [0.4, 0.5) is 0 Å². The Bertz CT molecular complexity index is 712. The summed E-state index contributed by atoms with van der Waals surface area (Å²) in [5, 5.41) is 14.0. The Labute approximate surface area is 136 Å². The van der Waals surface area contributed by atoms with Crippen molar-refractivity contribution in [2.75, 3.05) is 7.05 Å². The van der Waals surface area contributed by atoms with E-state index in [4.69, 9.17) is 5.41 Å². The predicted molar refractivity (Wildman–Crippen MR) is 94.3 cm³/mol. The maximum absolute atomic E-state index is 12.0. The summed E-state index contributed by atoms with van der Waals surface area (Å²) in [6.07, 6.45) is 1.76. The van der Waals surface area contributed by atoms with Gasteiger partial charge in [-0.05, 0) is 24.5 Å². The van der Waals surface area contributed by atoms with E-state index < -0.39 is 0 Å². The van der Waals surface area contributed by atoms with E-state index in [0.29, 0.717) is 22.8 Å². The maximum atomic E-state index is 12.0. The van der Waals surface area contributed by atoms with Gasteiger partial charge in [0.05, 0.1) is 0 Å². The van der Waals surface area contributed by atoms with Crippen molar-refractivity contribution in [2.45, 2.75) is 20.8 Å². The zero-order valence-electron chi connectivity index (χ0n) is 13.9. The van der Waals surface area contributed by atoms with Crippen molar-refractivity contribution in [1.82, 2.24) is 10.6 Å². The molecule has 2 rings (SSSR count). The average molecular weight is 310 g/mol. The van der Waals surface area contributed by atoms with E-state index in [-0.39, 0.29) is 11.8 Å². The van der Waals surface area contributed by atoms with Gasteiger partial charge in [0.2, 0.25) is 0 Å². The van der Waals surface area contributed by atoms with Crippen LogP contribution in [0.25, 0.3) is 5.57 Å². The summed E-state index contributed by atoms with van der Waals surface area (Å²) in [5.41, 5.74) is 3.23. The van der Waals surface area contributed by atoms with Crippen LogP contribution in [0, 0.1) is 11.3 Å². The summed E-state index contributed by atoms with van der Waals surface area (Å²) in [6, 6.07) is 9.64. The number of nitrogens with zero attached hydrogens (tertiary/aromatic N) is 1. The molecular formula is C18H22N4O. The van der Waals surface area contributed by atoms with Crippen molar-refractivity contribution >= 4 is 22.9 Å². The third kappa shape index (κ3) is 3.74. The molecule has 3 N–H and O–H groups in total. The lowest BCUT2D eigenvalue weighted by Crippen LogP contribution is -2.32. The maximum Gasteiger partial charge on any atom is 0.269 e. The van der Waals surface area contributed by atoms with Gasteiger partial charge in [-0.15, -0.1) is 0 Å². The first-order chi connectivity index (χ1) is 10.9. The van der Waals surface area contributed by atoms with Gasteiger partial charge in [-0.3, -0.25) is 4.79 Å². The average Bonchev–Trinajstić information content (AvgIpc) is 2.54.